The number of nitrogens with zero attached hydrogens (tertiary/aromatic N) is 1. The first-order valence-electron chi connectivity index (χ1n) is 9.33. The van der Waals surface area contributed by atoms with Crippen molar-refractivity contribution in [2.75, 3.05) is 29.0 Å². The average Bonchev–Trinajstić information content (AvgIpc) is 3.16. The lowest BCUT2D eigenvalue weighted by atomic mass is 10.1. The Labute approximate surface area is 184 Å². The average molecular weight is 439 g/mol. The summed E-state index contributed by atoms with van der Waals surface area (Å²) in [6, 6.07) is 14.5. The topological polar surface area (TPSA) is 87.5 Å². The van der Waals surface area contributed by atoms with E-state index in [1.807, 2.05) is 18.2 Å². The van der Waals surface area contributed by atoms with Crippen LogP contribution in [0.2, 0.25) is 0 Å². The van der Waals surface area contributed by atoms with Crippen molar-refractivity contribution in [1.82, 2.24) is 5.32 Å². The maximum Gasteiger partial charge on any atom is 0.253 e. The molecule has 29 heavy (non-hydrogen) atoms. The van der Waals surface area contributed by atoms with Crippen molar-refractivity contribution in [2.45, 2.75) is 32.2 Å². The van der Waals surface area contributed by atoms with Crippen molar-refractivity contribution < 1.29 is 9.59 Å². The van der Waals surface area contributed by atoms with Gasteiger partial charge < -0.3 is 21.3 Å². The van der Waals surface area contributed by atoms with Crippen molar-refractivity contribution in [3.8, 4) is 0 Å². The number of nitrogens with one attached hydrogen (secondary N) is 2. The highest BCUT2D eigenvalue weighted by molar-refractivity contribution is 5.99. The summed E-state index contributed by atoms with van der Waals surface area (Å²) in [5, 5.41) is 5.74. The van der Waals surface area contributed by atoms with Gasteiger partial charge in [0.1, 0.15) is 0 Å². The van der Waals surface area contributed by atoms with Crippen LogP contribution < -0.4 is 21.3 Å². The molecule has 1 aliphatic rings. The van der Waals surface area contributed by atoms with Gasteiger partial charge in [0, 0.05) is 42.6 Å². The molecule has 2 amide bonds. The number of nitrogen functional groups attached to an aromatic ring is 1. The van der Waals surface area contributed by atoms with Crippen LogP contribution in [0, 0.1) is 0 Å². The van der Waals surface area contributed by atoms with Crippen molar-refractivity contribution in [3.63, 3.8) is 0 Å². The lowest BCUT2D eigenvalue weighted by molar-refractivity contribution is -0.116. The van der Waals surface area contributed by atoms with Crippen LogP contribution in [0.4, 0.5) is 17.1 Å². The molecule has 6 nitrogen and oxygen atoms in total. The van der Waals surface area contributed by atoms with E-state index in [9.17, 15) is 9.59 Å². The second kappa shape index (κ2) is 11.5. The Hall–Kier alpha value is -2.44. The van der Waals surface area contributed by atoms with E-state index in [0.29, 0.717) is 11.3 Å². The fourth-order valence-corrected chi connectivity index (χ4v) is 3.30. The Morgan fingerprint density at radius 3 is 2.45 bits per heavy atom. The molecular weight excluding hydrogens is 411 g/mol. The fraction of sp³-hybridized carbons (Fsp3) is 0.333. The van der Waals surface area contributed by atoms with Crippen LogP contribution in [0.5, 0.6) is 0 Å². The summed E-state index contributed by atoms with van der Waals surface area (Å²) in [7, 11) is 0. The van der Waals surface area contributed by atoms with Gasteiger partial charge in [-0.05, 0) is 50.1 Å². The zero-order chi connectivity index (χ0) is 19.2. The van der Waals surface area contributed by atoms with E-state index >= 15 is 0 Å². The first kappa shape index (κ1) is 24.6. The van der Waals surface area contributed by atoms with Crippen molar-refractivity contribution in [1.29, 1.82) is 0 Å². The van der Waals surface area contributed by atoms with Gasteiger partial charge in [0.15, 0.2) is 0 Å². The molecule has 1 saturated heterocycles. The second-order valence-corrected chi connectivity index (χ2v) is 6.96. The molecule has 4 N–H and O–H groups in total. The molecule has 1 fully saturated rings. The summed E-state index contributed by atoms with van der Waals surface area (Å²) < 4.78 is 0. The van der Waals surface area contributed by atoms with E-state index in [4.69, 9.17) is 5.73 Å². The minimum Gasteiger partial charge on any atom is -0.398 e. The first-order chi connectivity index (χ1) is 13.0. The predicted octanol–water partition coefficient (Wildman–Crippen LogP) is 3.86. The number of para-hydroxylation sites is 1. The van der Waals surface area contributed by atoms with Gasteiger partial charge in [-0.3, -0.25) is 9.59 Å². The van der Waals surface area contributed by atoms with Gasteiger partial charge in [-0.15, -0.1) is 24.8 Å². The quantitative estimate of drug-likeness (QED) is 0.597. The van der Waals surface area contributed by atoms with Crippen LogP contribution in [-0.4, -0.2) is 30.9 Å². The number of halogens is 2. The van der Waals surface area contributed by atoms with E-state index in [-0.39, 0.29) is 49.1 Å². The van der Waals surface area contributed by atoms with Crippen LogP contribution in [0.1, 0.15) is 36.5 Å². The van der Waals surface area contributed by atoms with Gasteiger partial charge in [0.25, 0.3) is 5.91 Å². The SMILES string of the molecule is CC(CC(=O)Nc1cccc(N2CCCC2)c1)NC(=O)c1ccccc1N.Cl.Cl. The van der Waals surface area contributed by atoms with Crippen molar-refractivity contribution in [2.24, 2.45) is 0 Å². The zero-order valence-corrected chi connectivity index (χ0v) is 18.0. The number of carbonyl (C=O) groups is 2. The van der Waals surface area contributed by atoms with Crippen LogP contribution in [0.25, 0.3) is 0 Å². The molecule has 0 aliphatic carbocycles. The first-order valence-corrected chi connectivity index (χ1v) is 9.33. The Kier molecular flexibility index (Phi) is 9.78. The summed E-state index contributed by atoms with van der Waals surface area (Å²) in [5.41, 5.74) is 8.57. The summed E-state index contributed by atoms with van der Waals surface area (Å²) in [6.07, 6.45) is 2.60. The van der Waals surface area contributed by atoms with Gasteiger partial charge in [0.05, 0.1) is 5.56 Å². The lowest BCUT2D eigenvalue weighted by Gasteiger charge is -2.19. The smallest absolute Gasteiger partial charge is 0.253 e. The minimum absolute atomic E-state index is 0. The van der Waals surface area contributed by atoms with Crippen LogP contribution in [-0.2, 0) is 4.79 Å². The van der Waals surface area contributed by atoms with Gasteiger partial charge in [0.2, 0.25) is 5.91 Å². The van der Waals surface area contributed by atoms with Gasteiger partial charge >= 0.3 is 0 Å². The number of rotatable bonds is 6. The molecule has 0 spiro atoms. The van der Waals surface area contributed by atoms with Crippen LogP contribution >= 0.6 is 24.8 Å². The number of hydrogen-bond acceptors (Lipinski definition) is 4. The molecular formula is C21H28Cl2N4O2. The molecule has 0 radical (unpaired) electrons. The number of nitrogens with two attached hydrogens (primary N) is 1. The molecule has 1 atom stereocenters. The van der Waals surface area contributed by atoms with E-state index in [0.717, 1.165) is 24.5 Å². The monoisotopic (exact) mass is 438 g/mol. The minimum atomic E-state index is -0.307. The second-order valence-electron chi connectivity index (χ2n) is 6.96. The zero-order valence-electron chi connectivity index (χ0n) is 16.4. The molecule has 0 saturated carbocycles. The molecule has 1 heterocycles. The van der Waals surface area contributed by atoms with E-state index in [1.54, 1.807) is 31.2 Å². The maximum absolute atomic E-state index is 12.3. The molecule has 2 aromatic carbocycles. The molecule has 158 valence electrons. The molecule has 2 aromatic rings. The Morgan fingerprint density at radius 1 is 1.07 bits per heavy atom. The van der Waals surface area contributed by atoms with Crippen molar-refractivity contribution in [3.05, 3.63) is 54.1 Å². The Bertz CT molecular complexity index is 826. The largest absolute Gasteiger partial charge is 0.398 e. The molecule has 1 aliphatic heterocycles. The Balaban J connectivity index is 0.00000210. The number of hydrogen-bond donors (Lipinski definition) is 3. The van der Waals surface area contributed by atoms with Gasteiger partial charge in [-0.1, -0.05) is 18.2 Å². The van der Waals surface area contributed by atoms with Crippen LogP contribution in [0.15, 0.2) is 48.5 Å². The summed E-state index contributed by atoms with van der Waals surface area (Å²) in [4.78, 5) is 26.9. The van der Waals surface area contributed by atoms with Crippen molar-refractivity contribution >= 4 is 53.7 Å². The van der Waals surface area contributed by atoms with Gasteiger partial charge in [-0.2, -0.15) is 0 Å². The predicted molar refractivity (Wildman–Crippen MR) is 123 cm³/mol. The lowest BCUT2D eigenvalue weighted by Crippen LogP contribution is -2.35. The maximum atomic E-state index is 12.3. The van der Waals surface area contributed by atoms with Crippen LogP contribution in [0.3, 0.4) is 0 Å². The van der Waals surface area contributed by atoms with E-state index < -0.39 is 0 Å². The highest BCUT2D eigenvalue weighted by atomic mass is 35.5. The molecule has 0 bridgehead atoms. The van der Waals surface area contributed by atoms with E-state index in [2.05, 4.69) is 21.6 Å². The van der Waals surface area contributed by atoms with Gasteiger partial charge in [-0.25, -0.2) is 0 Å². The molecule has 1 unspecified atom stereocenters. The number of benzene rings is 2. The number of carbonyl (C=O) groups excluding carboxylic acids is 2. The standard InChI is InChI=1S/C21H26N4O2.2ClH/c1-15(23-21(27)18-9-2-3-10-19(18)22)13-20(26)24-16-7-6-8-17(14-16)25-11-4-5-12-25;;/h2-3,6-10,14-15H,4-5,11-13,22H2,1H3,(H,23,27)(H,24,26);2*1H. The number of anilines is 3. The highest BCUT2D eigenvalue weighted by Crippen LogP contribution is 2.23. The number of amides is 2. The molecule has 0 aromatic heterocycles. The molecule has 8 heteroatoms. The summed E-state index contributed by atoms with van der Waals surface area (Å²) in [6.45, 7) is 3.92. The summed E-state index contributed by atoms with van der Waals surface area (Å²) in [5.74, 6) is -0.410. The third kappa shape index (κ3) is 6.84. The normalized spacial score (nSPS) is 13.6. The Morgan fingerprint density at radius 2 is 1.76 bits per heavy atom. The summed E-state index contributed by atoms with van der Waals surface area (Å²) >= 11 is 0. The molecule has 3 rings (SSSR count). The van der Waals surface area contributed by atoms with E-state index in [1.165, 1.54) is 12.8 Å². The third-order valence-electron chi connectivity index (χ3n) is 4.68. The fourth-order valence-electron chi connectivity index (χ4n) is 3.30. The third-order valence-corrected chi connectivity index (χ3v) is 4.68. The highest BCUT2D eigenvalue weighted by Gasteiger charge is 2.16.